The molecule has 0 aliphatic heterocycles. The summed E-state index contributed by atoms with van der Waals surface area (Å²) in [4.78, 5) is 10.6. The first kappa shape index (κ1) is 16.4. The van der Waals surface area contributed by atoms with Crippen LogP contribution in [0.3, 0.4) is 0 Å². The van der Waals surface area contributed by atoms with Gasteiger partial charge in [-0.1, -0.05) is 30.3 Å². The normalized spacial score (nSPS) is 11.1. The number of aromatic hydroxyl groups is 1. The second kappa shape index (κ2) is 6.96. The Hall–Kier alpha value is -3.48. The third-order valence-corrected chi connectivity index (χ3v) is 3.58. The number of nitrogens with zero attached hydrogens (tertiary/aromatic N) is 3. The highest BCUT2D eigenvalue weighted by molar-refractivity contribution is 5.95. The van der Waals surface area contributed by atoms with Crippen LogP contribution in [0.15, 0.2) is 64.8 Å². The Morgan fingerprint density at radius 3 is 2.68 bits per heavy atom. The fourth-order valence-corrected chi connectivity index (χ4v) is 2.44. The van der Waals surface area contributed by atoms with Crippen molar-refractivity contribution in [3.63, 3.8) is 0 Å². The number of fused-ring (bicyclic) bond motifs is 1. The molecule has 7 nitrogen and oxygen atoms in total. The molecule has 0 fully saturated rings. The van der Waals surface area contributed by atoms with Gasteiger partial charge in [0.1, 0.15) is 11.4 Å². The zero-order chi connectivity index (χ0) is 17.8. The van der Waals surface area contributed by atoms with E-state index in [4.69, 9.17) is 4.74 Å². The number of phenols is 1. The fourth-order valence-electron chi connectivity index (χ4n) is 2.44. The lowest BCUT2D eigenvalue weighted by Crippen LogP contribution is -1.96. The SMILES string of the molecule is CCOc1ccc(N=Nc2c(O)ccc3ccccc23)cc1[N+](=O)[O-]. The van der Waals surface area contributed by atoms with Crippen molar-refractivity contribution in [2.75, 3.05) is 6.61 Å². The van der Waals surface area contributed by atoms with E-state index in [1.54, 1.807) is 19.1 Å². The first-order chi connectivity index (χ1) is 12.1. The minimum Gasteiger partial charge on any atom is -0.506 e. The van der Waals surface area contributed by atoms with Crippen LogP contribution in [-0.2, 0) is 0 Å². The predicted octanol–water partition coefficient (Wildman–Crippen LogP) is 5.27. The van der Waals surface area contributed by atoms with Crippen LogP contribution >= 0.6 is 0 Å². The predicted molar refractivity (Wildman–Crippen MR) is 94.1 cm³/mol. The van der Waals surface area contributed by atoms with Gasteiger partial charge in [0, 0.05) is 11.5 Å². The summed E-state index contributed by atoms with van der Waals surface area (Å²) in [5.41, 5.74) is 0.428. The van der Waals surface area contributed by atoms with Crippen LogP contribution in [0.2, 0.25) is 0 Å². The molecule has 0 saturated heterocycles. The van der Waals surface area contributed by atoms with Gasteiger partial charge in [0.2, 0.25) is 0 Å². The summed E-state index contributed by atoms with van der Waals surface area (Å²) in [5.74, 6) is 0.169. The van der Waals surface area contributed by atoms with Gasteiger partial charge in [0.15, 0.2) is 5.75 Å². The largest absolute Gasteiger partial charge is 0.506 e. The van der Waals surface area contributed by atoms with E-state index in [0.29, 0.717) is 18.0 Å². The minimum absolute atomic E-state index is 0.0112. The Kier molecular flexibility index (Phi) is 4.56. The maximum Gasteiger partial charge on any atom is 0.313 e. The van der Waals surface area contributed by atoms with Gasteiger partial charge in [0.05, 0.1) is 17.2 Å². The average Bonchev–Trinajstić information content (AvgIpc) is 2.62. The van der Waals surface area contributed by atoms with Crippen molar-refractivity contribution in [2.24, 2.45) is 10.2 Å². The van der Waals surface area contributed by atoms with E-state index in [0.717, 1.165) is 10.8 Å². The number of hydrogen-bond acceptors (Lipinski definition) is 6. The lowest BCUT2D eigenvalue weighted by Gasteiger charge is -2.05. The Bertz CT molecular complexity index is 970. The molecule has 0 amide bonds. The summed E-state index contributed by atoms with van der Waals surface area (Å²) >= 11 is 0. The molecule has 0 atom stereocenters. The Balaban J connectivity index is 2.02. The van der Waals surface area contributed by atoms with Gasteiger partial charge in [-0.25, -0.2) is 0 Å². The minimum atomic E-state index is -0.528. The molecule has 3 aromatic rings. The highest BCUT2D eigenvalue weighted by atomic mass is 16.6. The summed E-state index contributed by atoms with van der Waals surface area (Å²) < 4.78 is 5.24. The van der Waals surface area contributed by atoms with E-state index in [2.05, 4.69) is 10.2 Å². The van der Waals surface area contributed by atoms with E-state index in [1.165, 1.54) is 18.2 Å². The van der Waals surface area contributed by atoms with Crippen molar-refractivity contribution in [2.45, 2.75) is 6.92 Å². The molecule has 0 aromatic heterocycles. The number of hydrogen-bond donors (Lipinski definition) is 1. The van der Waals surface area contributed by atoms with Gasteiger partial charge in [0.25, 0.3) is 0 Å². The Morgan fingerprint density at radius 2 is 1.92 bits per heavy atom. The molecule has 7 heteroatoms. The summed E-state index contributed by atoms with van der Waals surface area (Å²) in [7, 11) is 0. The molecule has 0 radical (unpaired) electrons. The first-order valence-corrected chi connectivity index (χ1v) is 7.64. The van der Waals surface area contributed by atoms with Crippen LogP contribution < -0.4 is 4.74 Å². The highest BCUT2D eigenvalue weighted by Crippen LogP contribution is 2.37. The highest BCUT2D eigenvalue weighted by Gasteiger charge is 2.16. The molecule has 126 valence electrons. The zero-order valence-electron chi connectivity index (χ0n) is 13.4. The van der Waals surface area contributed by atoms with Crippen LogP contribution in [-0.4, -0.2) is 16.6 Å². The topological polar surface area (TPSA) is 97.3 Å². The van der Waals surface area contributed by atoms with Crippen molar-refractivity contribution < 1.29 is 14.8 Å². The van der Waals surface area contributed by atoms with Crippen molar-refractivity contribution >= 4 is 27.8 Å². The van der Waals surface area contributed by atoms with E-state index in [9.17, 15) is 15.2 Å². The summed E-state index contributed by atoms with van der Waals surface area (Å²) in [6.45, 7) is 2.08. The van der Waals surface area contributed by atoms with Gasteiger partial charge in [-0.2, -0.15) is 5.11 Å². The molecule has 0 heterocycles. The lowest BCUT2D eigenvalue weighted by atomic mass is 10.1. The van der Waals surface area contributed by atoms with Gasteiger partial charge in [-0.3, -0.25) is 10.1 Å². The summed E-state index contributed by atoms with van der Waals surface area (Å²) in [6.07, 6.45) is 0. The number of azo groups is 1. The van der Waals surface area contributed by atoms with E-state index >= 15 is 0 Å². The second-order valence-electron chi connectivity index (χ2n) is 5.20. The standard InChI is InChI=1S/C18H15N3O4/c1-2-25-17-10-8-13(11-15(17)21(23)24)19-20-18-14-6-4-3-5-12(14)7-9-16(18)22/h3-11,22H,2H2,1H3. The number of nitro groups is 1. The molecule has 0 unspecified atom stereocenters. The van der Waals surface area contributed by atoms with E-state index in [1.807, 2.05) is 24.3 Å². The third kappa shape index (κ3) is 3.40. The summed E-state index contributed by atoms with van der Waals surface area (Å²) in [6, 6.07) is 15.1. The van der Waals surface area contributed by atoms with Crippen molar-refractivity contribution in [3.8, 4) is 11.5 Å². The van der Waals surface area contributed by atoms with Crippen molar-refractivity contribution in [1.29, 1.82) is 0 Å². The van der Waals surface area contributed by atoms with Crippen LogP contribution in [0.4, 0.5) is 17.1 Å². The molecule has 1 N–H and O–H groups in total. The molecule has 0 aliphatic carbocycles. The van der Waals surface area contributed by atoms with Crippen LogP contribution in [0.25, 0.3) is 10.8 Å². The number of nitro benzene ring substituents is 1. The second-order valence-corrected chi connectivity index (χ2v) is 5.20. The molecule has 0 saturated carbocycles. The quantitative estimate of drug-likeness (QED) is 0.389. The maximum atomic E-state index is 11.2. The van der Waals surface area contributed by atoms with Crippen molar-refractivity contribution in [3.05, 3.63) is 64.7 Å². The van der Waals surface area contributed by atoms with Gasteiger partial charge < -0.3 is 9.84 Å². The van der Waals surface area contributed by atoms with Crippen molar-refractivity contribution in [1.82, 2.24) is 0 Å². The molecule has 3 rings (SSSR count). The number of phenolic OH excluding ortho intramolecular Hbond substituents is 1. The third-order valence-electron chi connectivity index (χ3n) is 3.58. The van der Waals surface area contributed by atoms with Crippen LogP contribution in [0, 0.1) is 10.1 Å². The number of ether oxygens (including phenoxy) is 1. The van der Waals surface area contributed by atoms with Crippen LogP contribution in [0.5, 0.6) is 11.5 Å². The maximum absolute atomic E-state index is 11.2. The Labute approximate surface area is 143 Å². The Morgan fingerprint density at radius 1 is 1.12 bits per heavy atom. The molecule has 0 bridgehead atoms. The molecule has 0 spiro atoms. The zero-order valence-corrected chi connectivity index (χ0v) is 13.4. The average molecular weight is 337 g/mol. The van der Waals surface area contributed by atoms with Gasteiger partial charge in [-0.05, 0) is 30.5 Å². The number of benzene rings is 3. The van der Waals surface area contributed by atoms with Gasteiger partial charge in [-0.15, -0.1) is 5.11 Å². The number of rotatable bonds is 5. The molecule has 25 heavy (non-hydrogen) atoms. The monoisotopic (exact) mass is 337 g/mol. The summed E-state index contributed by atoms with van der Waals surface area (Å²) in [5, 5.41) is 31.0. The van der Waals surface area contributed by atoms with E-state index in [-0.39, 0.29) is 17.2 Å². The van der Waals surface area contributed by atoms with E-state index < -0.39 is 4.92 Å². The first-order valence-electron chi connectivity index (χ1n) is 7.64. The molecule has 0 aliphatic rings. The molecular weight excluding hydrogens is 322 g/mol. The van der Waals surface area contributed by atoms with Gasteiger partial charge >= 0.3 is 5.69 Å². The molecular formula is C18H15N3O4. The smallest absolute Gasteiger partial charge is 0.313 e. The molecule has 3 aromatic carbocycles. The fraction of sp³-hybridized carbons (Fsp3) is 0.111. The lowest BCUT2D eigenvalue weighted by molar-refractivity contribution is -0.385. The van der Waals surface area contributed by atoms with Crippen LogP contribution in [0.1, 0.15) is 6.92 Å².